The maximum Gasteiger partial charge on any atom is 0.265 e. The summed E-state index contributed by atoms with van der Waals surface area (Å²) < 4.78 is 5.95. The van der Waals surface area contributed by atoms with Gasteiger partial charge in [-0.1, -0.05) is 32.1 Å². The lowest BCUT2D eigenvalue weighted by Gasteiger charge is -2.32. The van der Waals surface area contributed by atoms with Crippen LogP contribution in [0.2, 0.25) is 0 Å². The number of hydrogen-bond acceptors (Lipinski definition) is 7. The van der Waals surface area contributed by atoms with Crippen molar-refractivity contribution >= 4 is 23.5 Å². The first-order valence-electron chi connectivity index (χ1n) is 13.9. The van der Waals surface area contributed by atoms with Crippen molar-refractivity contribution in [1.29, 1.82) is 0 Å². The van der Waals surface area contributed by atoms with Gasteiger partial charge in [-0.2, -0.15) is 0 Å². The number of guanidine groups is 1. The van der Waals surface area contributed by atoms with Gasteiger partial charge in [-0.05, 0) is 56.2 Å². The summed E-state index contributed by atoms with van der Waals surface area (Å²) in [5, 5.41) is 1.48. The summed E-state index contributed by atoms with van der Waals surface area (Å²) in [4.78, 5) is 39.1. The van der Waals surface area contributed by atoms with E-state index in [0.717, 1.165) is 42.7 Å². The molecule has 1 heterocycles. The van der Waals surface area contributed by atoms with Crippen LogP contribution in [0.4, 0.5) is 5.69 Å². The molecular formula is C28H43N5O4. The number of carbonyl (C=O) groups is 2. The molecule has 9 nitrogen and oxygen atoms in total. The summed E-state index contributed by atoms with van der Waals surface area (Å²) in [6, 6.07) is 6.12. The fourth-order valence-corrected chi connectivity index (χ4v) is 5.71. The molecule has 1 aliphatic heterocycles. The number of amides is 2. The molecule has 0 unspecified atom stereocenters. The van der Waals surface area contributed by atoms with E-state index in [4.69, 9.17) is 15.3 Å². The predicted molar refractivity (Wildman–Crippen MR) is 143 cm³/mol. The lowest BCUT2D eigenvalue weighted by Crippen LogP contribution is -2.47. The van der Waals surface area contributed by atoms with Crippen LogP contribution in [0.25, 0.3) is 0 Å². The van der Waals surface area contributed by atoms with Crippen LogP contribution in [0, 0.1) is 5.92 Å². The van der Waals surface area contributed by atoms with Crippen LogP contribution in [0.5, 0.6) is 5.75 Å². The molecule has 0 spiro atoms. The Bertz CT molecular complexity index is 956. The molecule has 37 heavy (non-hydrogen) atoms. The Balaban J connectivity index is 1.26. The molecule has 4 rings (SSSR count). The lowest BCUT2D eigenvalue weighted by atomic mass is 9.89. The maximum absolute atomic E-state index is 13.0. The first kappa shape index (κ1) is 27.2. The molecule has 0 atom stereocenters. The van der Waals surface area contributed by atoms with Crippen LogP contribution >= 0.6 is 0 Å². The van der Waals surface area contributed by atoms with E-state index in [2.05, 4.69) is 4.99 Å². The molecule has 2 saturated carbocycles. The summed E-state index contributed by atoms with van der Waals surface area (Å²) in [5.41, 5.74) is 7.94. The van der Waals surface area contributed by atoms with Crippen LogP contribution < -0.4 is 10.5 Å². The molecule has 0 saturated heterocycles. The largest absolute Gasteiger partial charge is 0.494 e. The van der Waals surface area contributed by atoms with E-state index in [1.807, 2.05) is 30.1 Å². The molecule has 0 radical (unpaired) electrons. The summed E-state index contributed by atoms with van der Waals surface area (Å²) in [5.74, 6) is 1.62. The highest BCUT2D eigenvalue weighted by atomic mass is 16.7. The average Bonchev–Trinajstić information content (AvgIpc) is 3.45. The quantitative estimate of drug-likeness (QED) is 0.355. The van der Waals surface area contributed by atoms with Crippen LogP contribution in [0.3, 0.4) is 0 Å². The molecule has 9 heteroatoms. The molecule has 0 bridgehead atoms. The van der Waals surface area contributed by atoms with Gasteiger partial charge in [0.2, 0.25) is 5.91 Å². The molecule has 0 aromatic heterocycles. The number of nitrogens with zero attached hydrogens (tertiary/aromatic N) is 4. The summed E-state index contributed by atoms with van der Waals surface area (Å²) in [6.45, 7) is 1.67. The summed E-state index contributed by atoms with van der Waals surface area (Å²) in [6.07, 6.45) is 11.8. The van der Waals surface area contributed by atoms with E-state index in [-0.39, 0.29) is 18.4 Å². The van der Waals surface area contributed by atoms with Gasteiger partial charge in [0.1, 0.15) is 12.3 Å². The van der Waals surface area contributed by atoms with E-state index in [1.165, 1.54) is 37.2 Å². The highest BCUT2D eigenvalue weighted by Crippen LogP contribution is 2.30. The molecule has 2 amide bonds. The Morgan fingerprint density at radius 1 is 1.08 bits per heavy atom. The molecule has 204 valence electrons. The summed E-state index contributed by atoms with van der Waals surface area (Å²) in [7, 11) is 3.47. The van der Waals surface area contributed by atoms with Gasteiger partial charge in [0, 0.05) is 31.6 Å². The van der Waals surface area contributed by atoms with E-state index >= 15 is 0 Å². The van der Waals surface area contributed by atoms with Crippen molar-refractivity contribution in [3.05, 3.63) is 23.8 Å². The Kier molecular flexibility index (Phi) is 9.66. The molecule has 3 aliphatic rings. The highest BCUT2D eigenvalue weighted by molar-refractivity contribution is 5.88. The van der Waals surface area contributed by atoms with Gasteiger partial charge in [-0.3, -0.25) is 14.4 Å². The third kappa shape index (κ3) is 7.37. The molecule has 2 aliphatic carbocycles. The monoisotopic (exact) mass is 513 g/mol. The van der Waals surface area contributed by atoms with Crippen LogP contribution in [0.15, 0.2) is 23.2 Å². The predicted octanol–water partition coefficient (Wildman–Crippen LogP) is 3.98. The SMILES string of the molecule is CON(CC1CCCCC1)C(=O)CN1Cc2cc(OCCCC(=O)N(C)C3CCCC3)ccc2N=C1N. The molecule has 1 aromatic rings. The number of hydrogen-bond donors (Lipinski definition) is 1. The first-order chi connectivity index (χ1) is 17.9. The second-order valence-corrected chi connectivity index (χ2v) is 10.7. The van der Waals surface area contributed by atoms with Crippen molar-refractivity contribution in [2.75, 3.05) is 33.9 Å². The van der Waals surface area contributed by atoms with Crippen LogP contribution in [-0.4, -0.2) is 72.5 Å². The highest BCUT2D eigenvalue weighted by Gasteiger charge is 2.26. The van der Waals surface area contributed by atoms with E-state index in [9.17, 15) is 9.59 Å². The zero-order valence-electron chi connectivity index (χ0n) is 22.5. The zero-order chi connectivity index (χ0) is 26.2. The molecule has 2 fully saturated rings. The topological polar surface area (TPSA) is 101 Å². The van der Waals surface area contributed by atoms with Crippen LogP contribution in [-0.2, 0) is 21.0 Å². The average molecular weight is 514 g/mol. The first-order valence-corrected chi connectivity index (χ1v) is 13.9. The summed E-state index contributed by atoms with van der Waals surface area (Å²) >= 11 is 0. The van der Waals surface area contributed by atoms with Crippen molar-refractivity contribution < 1.29 is 19.2 Å². The van der Waals surface area contributed by atoms with Gasteiger partial charge in [0.15, 0.2) is 5.96 Å². The zero-order valence-corrected chi connectivity index (χ0v) is 22.5. The minimum atomic E-state index is -0.116. The minimum Gasteiger partial charge on any atom is -0.494 e. The molecule has 1 aromatic carbocycles. The van der Waals surface area contributed by atoms with Crippen molar-refractivity contribution in [3.63, 3.8) is 0 Å². The van der Waals surface area contributed by atoms with Crippen molar-refractivity contribution in [2.24, 2.45) is 16.6 Å². The Morgan fingerprint density at radius 2 is 1.81 bits per heavy atom. The normalized spacial score (nSPS) is 18.3. The van der Waals surface area contributed by atoms with Crippen molar-refractivity contribution in [2.45, 2.75) is 83.2 Å². The molecule has 2 N–H and O–H groups in total. The van der Waals surface area contributed by atoms with E-state index < -0.39 is 0 Å². The number of rotatable bonds is 11. The van der Waals surface area contributed by atoms with Crippen molar-refractivity contribution in [1.82, 2.24) is 14.9 Å². The van der Waals surface area contributed by atoms with E-state index in [0.29, 0.717) is 50.5 Å². The fourth-order valence-electron chi connectivity index (χ4n) is 5.71. The van der Waals surface area contributed by atoms with Crippen LogP contribution in [0.1, 0.15) is 76.2 Å². The third-order valence-corrected chi connectivity index (χ3v) is 8.01. The van der Waals surface area contributed by atoms with Gasteiger partial charge >= 0.3 is 0 Å². The van der Waals surface area contributed by atoms with Gasteiger partial charge in [0.25, 0.3) is 5.91 Å². The van der Waals surface area contributed by atoms with E-state index in [1.54, 1.807) is 12.0 Å². The Labute approximate surface area is 220 Å². The smallest absolute Gasteiger partial charge is 0.265 e. The second kappa shape index (κ2) is 13.1. The molecular weight excluding hydrogens is 470 g/mol. The number of hydroxylamine groups is 2. The standard InChI is InChI=1S/C28H43N5O4/c1-31(23-11-6-7-12-23)26(34)13-8-16-37-24-14-15-25-22(17-24)19-32(28(29)30-25)20-27(35)33(36-2)18-21-9-4-3-5-10-21/h14-15,17,21,23H,3-13,16,18-20H2,1-2H3,(H2,29,30). The minimum absolute atomic E-state index is 0.108. The number of aliphatic imine (C=N–C) groups is 1. The van der Waals surface area contributed by atoms with Crippen molar-refractivity contribution in [3.8, 4) is 5.75 Å². The lowest BCUT2D eigenvalue weighted by molar-refractivity contribution is -0.180. The second-order valence-electron chi connectivity index (χ2n) is 10.7. The Morgan fingerprint density at radius 3 is 2.54 bits per heavy atom. The number of ether oxygens (including phenoxy) is 1. The van der Waals surface area contributed by atoms with Gasteiger partial charge in [-0.15, -0.1) is 0 Å². The number of fused-ring (bicyclic) bond motifs is 1. The number of carbonyl (C=O) groups excluding carboxylic acids is 2. The maximum atomic E-state index is 13.0. The Hall–Kier alpha value is -2.81. The van der Waals surface area contributed by atoms with Gasteiger partial charge in [-0.25, -0.2) is 10.1 Å². The number of nitrogens with two attached hydrogens (primary N) is 1. The van der Waals surface area contributed by atoms with Gasteiger partial charge < -0.3 is 20.3 Å². The third-order valence-electron chi connectivity index (χ3n) is 8.01. The van der Waals surface area contributed by atoms with Gasteiger partial charge in [0.05, 0.1) is 25.9 Å². The fraction of sp³-hybridized carbons (Fsp3) is 0.679. The number of benzene rings is 1.